The molecule has 0 amide bonds. The molecule has 0 saturated heterocycles. The Hall–Kier alpha value is -0.760. The predicted octanol–water partition coefficient (Wildman–Crippen LogP) is 14.8. The van der Waals surface area contributed by atoms with Gasteiger partial charge >= 0.3 is 5.97 Å². The molecule has 0 spiro atoms. The summed E-state index contributed by atoms with van der Waals surface area (Å²) in [6, 6.07) is 0. The standard InChI is InChI=1S/C50H100NO7P/c1-6-8-10-12-14-16-18-20-22-24-25-26-28-30-32-34-36-38-40-42-45-55-47-49(48-57-59(53,54)56-46-44-51(3,4)5)58-50(52)43-41-39-37-35-33-31-29-27-23-21-19-17-15-13-11-9-7-2/h21,23,49H,6-20,22,24-48H2,1-5H3/b23-21-/t49-/m1/s1. The van der Waals surface area contributed by atoms with Gasteiger partial charge < -0.3 is 27.9 Å². The first-order valence-corrected chi connectivity index (χ1v) is 26.9. The second-order valence-electron chi connectivity index (χ2n) is 18.5. The van der Waals surface area contributed by atoms with Gasteiger partial charge in [0, 0.05) is 13.0 Å². The van der Waals surface area contributed by atoms with Crippen LogP contribution in [0.2, 0.25) is 0 Å². The molecule has 0 heterocycles. The lowest BCUT2D eigenvalue weighted by Crippen LogP contribution is -2.37. The minimum atomic E-state index is -4.52. The predicted molar refractivity (Wildman–Crippen MR) is 250 cm³/mol. The minimum absolute atomic E-state index is 0.0288. The van der Waals surface area contributed by atoms with Crippen molar-refractivity contribution in [3.05, 3.63) is 12.2 Å². The molecule has 0 rings (SSSR count). The monoisotopic (exact) mass is 858 g/mol. The van der Waals surface area contributed by atoms with E-state index in [-0.39, 0.29) is 25.8 Å². The van der Waals surface area contributed by atoms with Gasteiger partial charge in [-0.15, -0.1) is 0 Å². The molecule has 8 nitrogen and oxygen atoms in total. The number of unbranched alkanes of at least 4 members (excludes halogenated alkanes) is 32. The highest BCUT2D eigenvalue weighted by Gasteiger charge is 2.20. The Morgan fingerprint density at radius 2 is 0.881 bits per heavy atom. The van der Waals surface area contributed by atoms with Crippen LogP contribution in [-0.2, 0) is 27.9 Å². The fourth-order valence-electron chi connectivity index (χ4n) is 7.37. The van der Waals surface area contributed by atoms with Gasteiger partial charge in [0.25, 0.3) is 7.82 Å². The van der Waals surface area contributed by atoms with Gasteiger partial charge in [0.1, 0.15) is 19.3 Å². The van der Waals surface area contributed by atoms with Gasteiger partial charge in [-0.1, -0.05) is 212 Å². The van der Waals surface area contributed by atoms with Crippen LogP contribution in [0, 0.1) is 0 Å². The molecule has 0 aromatic heterocycles. The summed E-state index contributed by atoms with van der Waals surface area (Å²) in [4.78, 5) is 25.1. The van der Waals surface area contributed by atoms with E-state index in [0.29, 0.717) is 24.1 Å². The van der Waals surface area contributed by atoms with Gasteiger partial charge in [-0.2, -0.15) is 0 Å². The van der Waals surface area contributed by atoms with Crippen LogP contribution in [-0.4, -0.2) is 70.7 Å². The number of carbonyl (C=O) groups excluding carboxylic acids is 1. The third-order valence-corrected chi connectivity index (χ3v) is 12.3. The summed E-state index contributed by atoms with van der Waals surface area (Å²) in [6.45, 7) is 5.46. The average Bonchev–Trinajstić information content (AvgIpc) is 3.19. The third kappa shape index (κ3) is 48.1. The fraction of sp³-hybridized carbons (Fsp3) is 0.940. The molecule has 352 valence electrons. The molecule has 0 radical (unpaired) electrons. The molecule has 0 bridgehead atoms. The average molecular weight is 858 g/mol. The van der Waals surface area contributed by atoms with Crippen molar-refractivity contribution in [1.82, 2.24) is 0 Å². The summed E-state index contributed by atoms with van der Waals surface area (Å²) >= 11 is 0. The number of phosphoric acid groups is 1. The molecule has 0 aromatic carbocycles. The third-order valence-electron chi connectivity index (χ3n) is 11.3. The van der Waals surface area contributed by atoms with Crippen molar-refractivity contribution in [1.29, 1.82) is 0 Å². The van der Waals surface area contributed by atoms with Crippen molar-refractivity contribution in [2.24, 2.45) is 0 Å². The number of esters is 1. The second-order valence-corrected chi connectivity index (χ2v) is 19.9. The number of nitrogens with zero attached hydrogens (tertiary/aromatic N) is 1. The lowest BCUT2D eigenvalue weighted by atomic mass is 10.0. The van der Waals surface area contributed by atoms with E-state index < -0.39 is 13.9 Å². The van der Waals surface area contributed by atoms with E-state index in [1.165, 1.54) is 193 Å². The fourth-order valence-corrected chi connectivity index (χ4v) is 8.10. The summed E-state index contributed by atoms with van der Waals surface area (Å²) < 4.78 is 34.7. The van der Waals surface area contributed by atoms with Crippen LogP contribution in [0.5, 0.6) is 0 Å². The summed E-state index contributed by atoms with van der Waals surface area (Å²) in [5, 5.41) is 0. The first kappa shape index (κ1) is 58.2. The van der Waals surface area contributed by atoms with Crippen LogP contribution in [0.3, 0.4) is 0 Å². The molecule has 0 aromatic rings. The van der Waals surface area contributed by atoms with Crippen LogP contribution < -0.4 is 4.89 Å². The molecular weight excluding hydrogens is 758 g/mol. The quantitative estimate of drug-likeness (QED) is 0.0198. The molecule has 2 atom stereocenters. The molecular formula is C50H100NO7P. The Morgan fingerprint density at radius 3 is 1.29 bits per heavy atom. The number of phosphoric ester groups is 1. The highest BCUT2D eigenvalue weighted by Crippen LogP contribution is 2.38. The van der Waals surface area contributed by atoms with Crippen LogP contribution in [0.25, 0.3) is 0 Å². The van der Waals surface area contributed by atoms with Crippen molar-refractivity contribution in [3.8, 4) is 0 Å². The van der Waals surface area contributed by atoms with Crippen LogP contribution >= 0.6 is 7.82 Å². The molecule has 1 unspecified atom stereocenters. The number of allylic oxidation sites excluding steroid dienone is 2. The van der Waals surface area contributed by atoms with Crippen molar-refractivity contribution in [2.45, 2.75) is 251 Å². The number of carbonyl (C=O) groups is 1. The summed E-state index contributed by atoms with van der Waals surface area (Å²) in [5.74, 6) is -0.333. The second kappa shape index (κ2) is 43.9. The lowest BCUT2D eigenvalue weighted by molar-refractivity contribution is -0.870. The van der Waals surface area contributed by atoms with E-state index in [0.717, 1.165) is 32.1 Å². The van der Waals surface area contributed by atoms with Crippen LogP contribution in [0.4, 0.5) is 0 Å². The van der Waals surface area contributed by atoms with Gasteiger partial charge in [-0.25, -0.2) is 0 Å². The Kier molecular flexibility index (Phi) is 43.3. The van der Waals surface area contributed by atoms with Gasteiger partial charge in [-0.3, -0.25) is 9.36 Å². The van der Waals surface area contributed by atoms with E-state index >= 15 is 0 Å². The maximum absolute atomic E-state index is 12.7. The van der Waals surface area contributed by atoms with E-state index in [1.54, 1.807) is 0 Å². The minimum Gasteiger partial charge on any atom is -0.756 e. The first-order valence-electron chi connectivity index (χ1n) is 25.4. The molecule has 0 aliphatic heterocycles. The summed E-state index contributed by atoms with van der Waals surface area (Å²) in [5.41, 5.74) is 0. The lowest BCUT2D eigenvalue weighted by Gasteiger charge is -2.28. The van der Waals surface area contributed by atoms with Crippen molar-refractivity contribution in [2.75, 3.05) is 54.1 Å². The van der Waals surface area contributed by atoms with Gasteiger partial charge in [0.2, 0.25) is 0 Å². The normalized spacial score (nSPS) is 13.7. The SMILES string of the molecule is CCCCCCCC/C=C\CCCCCCCCCC(=O)O[C@H](COCCCCCCCCCCCCCCCCCCCCCC)COP(=O)([O-])OCC[N+](C)(C)C. The number of ether oxygens (including phenoxy) is 2. The largest absolute Gasteiger partial charge is 0.756 e. The van der Waals surface area contributed by atoms with Crippen molar-refractivity contribution in [3.63, 3.8) is 0 Å². The molecule has 0 fully saturated rings. The molecule has 0 saturated carbocycles. The number of quaternary nitrogens is 1. The molecule has 0 N–H and O–H groups in total. The van der Waals surface area contributed by atoms with E-state index in [2.05, 4.69) is 26.0 Å². The topological polar surface area (TPSA) is 94.1 Å². The first-order chi connectivity index (χ1) is 28.6. The van der Waals surface area contributed by atoms with Crippen molar-refractivity contribution < 1.29 is 37.3 Å². The van der Waals surface area contributed by atoms with E-state index in [1.807, 2.05) is 21.1 Å². The summed E-state index contributed by atoms with van der Waals surface area (Å²) in [6.07, 6.45) is 49.4. The zero-order valence-corrected chi connectivity index (χ0v) is 40.9. The molecule has 0 aliphatic rings. The summed E-state index contributed by atoms with van der Waals surface area (Å²) in [7, 11) is 1.37. The van der Waals surface area contributed by atoms with Gasteiger partial charge in [0.15, 0.2) is 0 Å². The van der Waals surface area contributed by atoms with E-state index in [4.69, 9.17) is 18.5 Å². The maximum atomic E-state index is 12.7. The Bertz CT molecular complexity index is 956. The van der Waals surface area contributed by atoms with Crippen LogP contribution in [0.15, 0.2) is 12.2 Å². The smallest absolute Gasteiger partial charge is 0.306 e. The zero-order valence-electron chi connectivity index (χ0n) is 40.0. The number of rotatable bonds is 48. The number of likely N-dealkylation sites (N-methyl/N-ethyl adjacent to an activating group) is 1. The Balaban J connectivity index is 4.11. The Labute approximate surface area is 367 Å². The Morgan fingerprint density at radius 1 is 0.508 bits per heavy atom. The number of hydrogen-bond acceptors (Lipinski definition) is 7. The zero-order chi connectivity index (χ0) is 43.4. The van der Waals surface area contributed by atoms with Gasteiger partial charge in [-0.05, 0) is 38.5 Å². The highest BCUT2D eigenvalue weighted by atomic mass is 31.2. The number of hydrogen-bond donors (Lipinski definition) is 0. The highest BCUT2D eigenvalue weighted by molar-refractivity contribution is 7.45. The van der Waals surface area contributed by atoms with E-state index in [9.17, 15) is 14.3 Å². The van der Waals surface area contributed by atoms with Crippen molar-refractivity contribution >= 4 is 13.8 Å². The molecule has 59 heavy (non-hydrogen) atoms. The molecule has 0 aliphatic carbocycles. The molecule has 9 heteroatoms. The maximum Gasteiger partial charge on any atom is 0.306 e. The van der Waals surface area contributed by atoms with Gasteiger partial charge in [0.05, 0.1) is 34.4 Å². The van der Waals surface area contributed by atoms with Crippen LogP contribution in [0.1, 0.15) is 245 Å².